The Labute approximate surface area is 147 Å². The Kier molecular flexibility index (Phi) is 6.16. The van der Waals surface area contributed by atoms with Crippen LogP contribution in [0.5, 0.6) is 0 Å². The Balaban J connectivity index is 1.35. The van der Waals surface area contributed by atoms with E-state index < -0.39 is 0 Å². The summed E-state index contributed by atoms with van der Waals surface area (Å²) in [5, 5.41) is 2.91. The fourth-order valence-corrected chi connectivity index (χ4v) is 4.91. The molecule has 3 fully saturated rings. The smallest absolute Gasteiger partial charge is 0.240 e. The molecule has 0 bridgehead atoms. The maximum absolute atomic E-state index is 12.0. The number of amides is 3. The van der Waals surface area contributed by atoms with Crippen molar-refractivity contribution in [2.75, 3.05) is 37.7 Å². The second kappa shape index (κ2) is 8.34. The third-order valence-electron chi connectivity index (χ3n) is 5.40. The van der Waals surface area contributed by atoms with Gasteiger partial charge < -0.3 is 10.2 Å². The zero-order valence-corrected chi connectivity index (χ0v) is 15.0. The Hall–Kier alpha value is -1.08. The van der Waals surface area contributed by atoms with Crippen LogP contribution in [0.3, 0.4) is 0 Å². The minimum absolute atomic E-state index is 0.115. The second-order valence-corrected chi connectivity index (χ2v) is 8.23. The van der Waals surface area contributed by atoms with Crippen LogP contribution in [0.15, 0.2) is 0 Å². The SMILES string of the molecule is O=C(CN1C(=O)CCC1=O)NCC1CCN(C2CCSCC2)CC1. The van der Waals surface area contributed by atoms with E-state index in [1.807, 2.05) is 0 Å². The summed E-state index contributed by atoms with van der Waals surface area (Å²) in [7, 11) is 0. The minimum atomic E-state index is -0.228. The highest BCUT2D eigenvalue weighted by atomic mass is 32.2. The third kappa shape index (κ3) is 4.51. The molecule has 134 valence electrons. The van der Waals surface area contributed by atoms with Gasteiger partial charge in [0, 0.05) is 25.4 Å². The minimum Gasteiger partial charge on any atom is -0.354 e. The molecule has 0 unspecified atom stereocenters. The summed E-state index contributed by atoms with van der Waals surface area (Å²) < 4.78 is 0. The van der Waals surface area contributed by atoms with Crippen molar-refractivity contribution in [1.29, 1.82) is 0 Å². The van der Waals surface area contributed by atoms with Crippen molar-refractivity contribution in [2.24, 2.45) is 5.92 Å². The van der Waals surface area contributed by atoms with E-state index in [1.165, 1.54) is 24.3 Å². The predicted molar refractivity (Wildman–Crippen MR) is 93.6 cm³/mol. The van der Waals surface area contributed by atoms with Gasteiger partial charge in [-0.15, -0.1) is 0 Å². The van der Waals surface area contributed by atoms with Gasteiger partial charge in [-0.3, -0.25) is 19.3 Å². The normalized spacial score (nSPS) is 24.6. The van der Waals surface area contributed by atoms with E-state index in [2.05, 4.69) is 22.0 Å². The van der Waals surface area contributed by atoms with Gasteiger partial charge in [-0.25, -0.2) is 0 Å². The number of imide groups is 1. The van der Waals surface area contributed by atoms with E-state index in [0.29, 0.717) is 12.5 Å². The lowest BCUT2D eigenvalue weighted by atomic mass is 9.94. The topological polar surface area (TPSA) is 69.7 Å². The fraction of sp³-hybridized carbons (Fsp3) is 0.824. The first-order chi connectivity index (χ1) is 11.6. The van der Waals surface area contributed by atoms with Gasteiger partial charge in [-0.2, -0.15) is 11.8 Å². The summed E-state index contributed by atoms with van der Waals surface area (Å²) in [6.45, 7) is 2.79. The second-order valence-electron chi connectivity index (χ2n) is 7.00. The molecule has 7 heteroatoms. The number of likely N-dealkylation sites (tertiary alicyclic amines) is 2. The van der Waals surface area contributed by atoms with Gasteiger partial charge in [0.2, 0.25) is 17.7 Å². The molecule has 1 N–H and O–H groups in total. The number of hydrogen-bond acceptors (Lipinski definition) is 5. The van der Waals surface area contributed by atoms with Gasteiger partial charge in [0.1, 0.15) is 6.54 Å². The third-order valence-corrected chi connectivity index (χ3v) is 6.45. The van der Waals surface area contributed by atoms with Gasteiger partial charge >= 0.3 is 0 Å². The summed E-state index contributed by atoms with van der Waals surface area (Å²) in [6, 6.07) is 0.758. The number of hydrogen-bond donors (Lipinski definition) is 1. The first kappa shape index (κ1) is 17.7. The molecule has 3 amide bonds. The number of piperidine rings is 1. The van der Waals surface area contributed by atoms with E-state index in [-0.39, 0.29) is 37.1 Å². The molecule has 0 saturated carbocycles. The van der Waals surface area contributed by atoms with Crippen LogP contribution < -0.4 is 5.32 Å². The van der Waals surface area contributed by atoms with E-state index >= 15 is 0 Å². The van der Waals surface area contributed by atoms with Crippen molar-refractivity contribution in [3.05, 3.63) is 0 Å². The Bertz CT molecular complexity index is 469. The largest absolute Gasteiger partial charge is 0.354 e. The van der Waals surface area contributed by atoms with E-state index in [9.17, 15) is 14.4 Å². The van der Waals surface area contributed by atoms with Crippen LogP contribution in [0, 0.1) is 5.92 Å². The number of carbonyl (C=O) groups is 3. The Morgan fingerprint density at radius 3 is 2.29 bits per heavy atom. The van der Waals surface area contributed by atoms with Crippen molar-refractivity contribution in [3.63, 3.8) is 0 Å². The molecule has 0 spiro atoms. The van der Waals surface area contributed by atoms with Crippen molar-refractivity contribution >= 4 is 29.5 Å². The lowest BCUT2D eigenvalue weighted by Crippen LogP contribution is -2.46. The van der Waals surface area contributed by atoms with Gasteiger partial charge in [-0.1, -0.05) is 0 Å². The van der Waals surface area contributed by atoms with Crippen molar-refractivity contribution < 1.29 is 14.4 Å². The van der Waals surface area contributed by atoms with E-state index in [4.69, 9.17) is 0 Å². The van der Waals surface area contributed by atoms with Crippen LogP contribution in [-0.2, 0) is 14.4 Å². The molecule has 3 heterocycles. The summed E-state index contributed by atoms with van der Waals surface area (Å²) in [6.07, 6.45) is 5.33. The standard InChI is InChI=1S/C17H27N3O3S/c21-15(12-20-16(22)1-2-17(20)23)18-11-13-3-7-19(8-4-13)14-5-9-24-10-6-14/h13-14H,1-12H2,(H,18,21). The summed E-state index contributed by atoms with van der Waals surface area (Å²) in [5.41, 5.74) is 0. The van der Waals surface area contributed by atoms with Crippen LogP contribution in [-0.4, -0.2) is 71.2 Å². The number of nitrogens with one attached hydrogen (secondary N) is 1. The molecule has 3 saturated heterocycles. The van der Waals surface area contributed by atoms with Gasteiger partial charge in [0.25, 0.3) is 0 Å². The molecule has 0 aromatic heterocycles. The zero-order valence-electron chi connectivity index (χ0n) is 14.2. The van der Waals surface area contributed by atoms with Crippen LogP contribution >= 0.6 is 11.8 Å². The van der Waals surface area contributed by atoms with Crippen LogP contribution in [0.25, 0.3) is 0 Å². The van der Waals surface area contributed by atoms with Crippen LogP contribution in [0.4, 0.5) is 0 Å². The number of nitrogens with zero attached hydrogens (tertiary/aromatic N) is 2. The molecule has 24 heavy (non-hydrogen) atoms. The summed E-state index contributed by atoms with van der Waals surface area (Å²) in [4.78, 5) is 38.7. The summed E-state index contributed by atoms with van der Waals surface area (Å²) in [5.74, 6) is 2.41. The van der Waals surface area contributed by atoms with Gasteiger partial charge in [0.15, 0.2) is 0 Å². The molecule has 3 rings (SSSR count). The van der Waals surface area contributed by atoms with E-state index in [0.717, 1.165) is 36.9 Å². The van der Waals surface area contributed by atoms with Crippen molar-refractivity contribution in [2.45, 2.75) is 44.6 Å². The molecule has 3 aliphatic rings. The zero-order chi connectivity index (χ0) is 16.9. The fourth-order valence-electron chi connectivity index (χ4n) is 3.83. The Morgan fingerprint density at radius 2 is 1.67 bits per heavy atom. The average Bonchev–Trinajstić information content (AvgIpc) is 2.93. The lowest BCUT2D eigenvalue weighted by Gasteiger charge is -2.39. The molecule has 3 aliphatic heterocycles. The molecule has 0 aromatic carbocycles. The highest BCUT2D eigenvalue weighted by Crippen LogP contribution is 2.26. The highest BCUT2D eigenvalue weighted by molar-refractivity contribution is 7.99. The highest BCUT2D eigenvalue weighted by Gasteiger charge is 2.31. The molecule has 0 aromatic rings. The maximum atomic E-state index is 12.0. The number of carbonyl (C=O) groups excluding carboxylic acids is 3. The quantitative estimate of drug-likeness (QED) is 0.743. The maximum Gasteiger partial charge on any atom is 0.240 e. The first-order valence-corrected chi connectivity index (χ1v) is 10.2. The molecule has 0 aliphatic carbocycles. The lowest BCUT2D eigenvalue weighted by molar-refractivity contribution is -0.142. The number of rotatable bonds is 5. The molecule has 6 nitrogen and oxygen atoms in total. The van der Waals surface area contributed by atoms with Gasteiger partial charge in [0.05, 0.1) is 0 Å². The van der Waals surface area contributed by atoms with Crippen LogP contribution in [0.2, 0.25) is 0 Å². The predicted octanol–water partition coefficient (Wildman–Crippen LogP) is 0.859. The molecular formula is C17H27N3O3S. The monoisotopic (exact) mass is 353 g/mol. The van der Waals surface area contributed by atoms with Gasteiger partial charge in [-0.05, 0) is 56.2 Å². The average molecular weight is 353 g/mol. The van der Waals surface area contributed by atoms with Crippen LogP contribution in [0.1, 0.15) is 38.5 Å². The van der Waals surface area contributed by atoms with E-state index in [1.54, 1.807) is 0 Å². The number of thioether (sulfide) groups is 1. The Morgan fingerprint density at radius 1 is 1.04 bits per heavy atom. The molecular weight excluding hydrogens is 326 g/mol. The molecule has 0 atom stereocenters. The molecule has 0 radical (unpaired) electrons. The summed E-state index contributed by atoms with van der Waals surface area (Å²) >= 11 is 2.06. The first-order valence-electron chi connectivity index (χ1n) is 9.05. The van der Waals surface area contributed by atoms with Crippen molar-refractivity contribution in [3.8, 4) is 0 Å². The van der Waals surface area contributed by atoms with Crippen molar-refractivity contribution in [1.82, 2.24) is 15.1 Å².